The van der Waals surface area contributed by atoms with Crippen LogP contribution in [-0.2, 0) is 10.8 Å². The van der Waals surface area contributed by atoms with Crippen molar-refractivity contribution >= 4 is 54.1 Å². The van der Waals surface area contributed by atoms with Gasteiger partial charge in [0.2, 0.25) is 0 Å². The molecule has 1 aromatic heterocycles. The van der Waals surface area contributed by atoms with Crippen LogP contribution >= 0.6 is 0 Å². The minimum absolute atomic E-state index is 0.0892. The lowest BCUT2D eigenvalue weighted by Crippen LogP contribution is -2.10. The molecule has 9 aromatic carbocycles. The molecule has 0 fully saturated rings. The van der Waals surface area contributed by atoms with E-state index in [2.05, 4.69) is 210 Å². The van der Waals surface area contributed by atoms with Gasteiger partial charge in [-0.1, -0.05) is 175 Å². The SMILES string of the molecule is CC(C)(C)c1ccc(-c2ccc3ccc4c(-c5ccc(C(C)(C)C)cc5)cc(-c5ccc(-n6c7ccccc7c7ccccc76)cc5)c5ccc2c3c45)cc1. The molecular formula is C54H45N. The van der Waals surface area contributed by atoms with Crippen molar-refractivity contribution in [2.24, 2.45) is 0 Å². The first-order chi connectivity index (χ1) is 26.5. The molecule has 0 saturated heterocycles. The van der Waals surface area contributed by atoms with Crippen molar-refractivity contribution in [2.45, 2.75) is 52.4 Å². The van der Waals surface area contributed by atoms with Crippen molar-refractivity contribution in [3.63, 3.8) is 0 Å². The van der Waals surface area contributed by atoms with Crippen LogP contribution in [0, 0.1) is 0 Å². The first kappa shape index (κ1) is 33.4. The fourth-order valence-corrected chi connectivity index (χ4v) is 8.92. The van der Waals surface area contributed by atoms with Gasteiger partial charge in [-0.3, -0.25) is 0 Å². The van der Waals surface area contributed by atoms with Crippen molar-refractivity contribution in [3.8, 4) is 39.1 Å². The van der Waals surface area contributed by atoms with E-state index in [9.17, 15) is 0 Å². The lowest BCUT2D eigenvalue weighted by molar-refractivity contribution is 0.590. The highest BCUT2D eigenvalue weighted by Crippen LogP contribution is 2.46. The van der Waals surface area contributed by atoms with E-state index in [0.717, 1.165) is 0 Å². The van der Waals surface area contributed by atoms with Crippen LogP contribution in [0.3, 0.4) is 0 Å². The minimum Gasteiger partial charge on any atom is -0.309 e. The van der Waals surface area contributed by atoms with E-state index in [1.165, 1.54) is 104 Å². The fraction of sp³-hybridized carbons (Fsp3) is 0.148. The summed E-state index contributed by atoms with van der Waals surface area (Å²) < 4.78 is 2.40. The highest BCUT2D eigenvalue weighted by Gasteiger charge is 2.21. The van der Waals surface area contributed by atoms with Gasteiger partial charge in [-0.15, -0.1) is 0 Å². The molecule has 0 saturated carbocycles. The number of rotatable bonds is 4. The third-order valence-corrected chi connectivity index (χ3v) is 11.9. The Bertz CT molecular complexity index is 3000. The number of aromatic nitrogens is 1. The molecule has 1 heteroatoms. The van der Waals surface area contributed by atoms with E-state index in [-0.39, 0.29) is 10.8 Å². The first-order valence-electron chi connectivity index (χ1n) is 19.6. The van der Waals surface area contributed by atoms with Gasteiger partial charge in [0, 0.05) is 16.5 Å². The standard InChI is InChI=1S/C54H45N/c1-53(2,3)38-23-15-34(16-24-38)41-29-21-37-22-30-45-47(35-17-25-39(26-18-35)54(4,5)6)33-48(46-32-31-44(41)51(37)52(45)46)36-19-27-40(28-20-36)55-49-13-9-7-11-42(49)43-12-8-10-14-50(43)55/h7-33H,1-6H3. The van der Waals surface area contributed by atoms with Gasteiger partial charge in [0.15, 0.2) is 0 Å². The molecule has 0 amide bonds. The topological polar surface area (TPSA) is 4.93 Å². The smallest absolute Gasteiger partial charge is 0.0541 e. The quantitative estimate of drug-likeness (QED) is 0.161. The van der Waals surface area contributed by atoms with Gasteiger partial charge in [0.25, 0.3) is 0 Å². The second-order valence-electron chi connectivity index (χ2n) is 17.4. The Kier molecular flexibility index (Phi) is 7.39. The molecule has 0 atom stereocenters. The Hall–Kier alpha value is -6.18. The molecule has 10 aromatic rings. The van der Waals surface area contributed by atoms with E-state index in [1.807, 2.05) is 0 Å². The lowest BCUT2D eigenvalue weighted by Gasteiger charge is -2.22. The molecule has 1 heterocycles. The zero-order chi connectivity index (χ0) is 37.6. The van der Waals surface area contributed by atoms with Crippen molar-refractivity contribution in [1.82, 2.24) is 4.57 Å². The molecule has 55 heavy (non-hydrogen) atoms. The lowest BCUT2D eigenvalue weighted by atomic mass is 9.82. The van der Waals surface area contributed by atoms with Crippen molar-refractivity contribution in [2.75, 3.05) is 0 Å². The van der Waals surface area contributed by atoms with Gasteiger partial charge < -0.3 is 4.57 Å². The Balaban J connectivity index is 1.20. The Morgan fingerprint density at radius 2 is 0.764 bits per heavy atom. The van der Waals surface area contributed by atoms with E-state index < -0.39 is 0 Å². The van der Waals surface area contributed by atoms with Gasteiger partial charge in [-0.2, -0.15) is 0 Å². The maximum absolute atomic E-state index is 2.44. The summed E-state index contributed by atoms with van der Waals surface area (Å²) in [5.41, 5.74) is 14.0. The highest BCUT2D eigenvalue weighted by atomic mass is 15.0. The highest BCUT2D eigenvalue weighted by molar-refractivity contribution is 6.30. The zero-order valence-electron chi connectivity index (χ0n) is 32.5. The molecule has 0 aliphatic carbocycles. The van der Waals surface area contributed by atoms with E-state index >= 15 is 0 Å². The van der Waals surface area contributed by atoms with Gasteiger partial charge in [-0.05, 0) is 118 Å². The molecule has 0 radical (unpaired) electrons. The third-order valence-electron chi connectivity index (χ3n) is 11.9. The molecule has 0 aliphatic heterocycles. The average molecular weight is 708 g/mol. The maximum atomic E-state index is 2.44. The van der Waals surface area contributed by atoms with Crippen LogP contribution in [0.5, 0.6) is 0 Å². The Morgan fingerprint density at radius 1 is 0.345 bits per heavy atom. The number of hydrogen-bond donors (Lipinski definition) is 0. The van der Waals surface area contributed by atoms with E-state index in [4.69, 9.17) is 0 Å². The van der Waals surface area contributed by atoms with Crippen LogP contribution in [0.15, 0.2) is 164 Å². The molecule has 0 spiro atoms. The van der Waals surface area contributed by atoms with Crippen LogP contribution < -0.4 is 0 Å². The van der Waals surface area contributed by atoms with Crippen LogP contribution in [-0.4, -0.2) is 4.57 Å². The van der Waals surface area contributed by atoms with E-state index in [0.29, 0.717) is 0 Å². The number of nitrogens with zero attached hydrogens (tertiary/aromatic N) is 1. The largest absolute Gasteiger partial charge is 0.309 e. The van der Waals surface area contributed by atoms with Gasteiger partial charge in [0.1, 0.15) is 0 Å². The summed E-state index contributed by atoms with van der Waals surface area (Å²) in [6, 6.07) is 61.7. The summed E-state index contributed by atoms with van der Waals surface area (Å²) in [5, 5.41) is 10.4. The summed E-state index contributed by atoms with van der Waals surface area (Å²) in [6.07, 6.45) is 0. The van der Waals surface area contributed by atoms with Crippen LogP contribution in [0.2, 0.25) is 0 Å². The van der Waals surface area contributed by atoms with Crippen LogP contribution in [0.25, 0.3) is 93.2 Å². The molecule has 10 rings (SSSR count). The summed E-state index contributed by atoms with van der Waals surface area (Å²) in [4.78, 5) is 0. The van der Waals surface area contributed by atoms with Crippen LogP contribution in [0.4, 0.5) is 0 Å². The fourth-order valence-electron chi connectivity index (χ4n) is 8.92. The molecule has 266 valence electrons. The molecular weight excluding hydrogens is 663 g/mol. The monoisotopic (exact) mass is 707 g/mol. The van der Waals surface area contributed by atoms with Crippen molar-refractivity contribution in [3.05, 3.63) is 175 Å². The van der Waals surface area contributed by atoms with Gasteiger partial charge in [-0.25, -0.2) is 0 Å². The van der Waals surface area contributed by atoms with Crippen molar-refractivity contribution in [1.29, 1.82) is 0 Å². The molecule has 0 N–H and O–H groups in total. The summed E-state index contributed by atoms with van der Waals surface area (Å²) >= 11 is 0. The minimum atomic E-state index is 0.0892. The second-order valence-corrected chi connectivity index (χ2v) is 17.4. The maximum Gasteiger partial charge on any atom is 0.0541 e. The molecule has 0 bridgehead atoms. The zero-order valence-corrected chi connectivity index (χ0v) is 32.5. The van der Waals surface area contributed by atoms with Crippen molar-refractivity contribution < 1.29 is 0 Å². The predicted molar refractivity (Wildman–Crippen MR) is 238 cm³/mol. The summed E-state index contributed by atoms with van der Waals surface area (Å²) in [5.74, 6) is 0. The summed E-state index contributed by atoms with van der Waals surface area (Å²) in [7, 11) is 0. The number of hydrogen-bond acceptors (Lipinski definition) is 0. The Labute approximate surface area is 323 Å². The number of para-hydroxylation sites is 2. The number of fused-ring (bicyclic) bond motifs is 3. The van der Waals surface area contributed by atoms with Gasteiger partial charge in [0.05, 0.1) is 11.0 Å². The average Bonchev–Trinajstić information content (AvgIpc) is 3.53. The second kappa shape index (κ2) is 12.2. The Morgan fingerprint density at radius 3 is 1.27 bits per heavy atom. The molecule has 0 aliphatic rings. The third kappa shape index (κ3) is 5.36. The summed E-state index contributed by atoms with van der Waals surface area (Å²) in [6.45, 7) is 13.7. The molecule has 1 nitrogen and oxygen atoms in total. The number of benzene rings is 9. The molecule has 0 unspecified atom stereocenters. The van der Waals surface area contributed by atoms with Gasteiger partial charge >= 0.3 is 0 Å². The van der Waals surface area contributed by atoms with Crippen LogP contribution in [0.1, 0.15) is 52.7 Å². The predicted octanol–water partition coefficient (Wildman–Crippen LogP) is 15.3. The first-order valence-corrected chi connectivity index (χ1v) is 19.6. The van der Waals surface area contributed by atoms with E-state index in [1.54, 1.807) is 0 Å². The normalized spacial score (nSPS) is 12.5.